The zero-order chi connectivity index (χ0) is 18.4. The van der Waals surface area contributed by atoms with Crippen LogP contribution in [0.3, 0.4) is 0 Å². The van der Waals surface area contributed by atoms with Crippen LogP contribution in [0.15, 0.2) is 42.5 Å². The Labute approximate surface area is 161 Å². The minimum absolute atomic E-state index is 0.620. The zero-order valence-electron chi connectivity index (χ0n) is 15.5. The van der Waals surface area contributed by atoms with Crippen LogP contribution in [0.1, 0.15) is 23.6 Å². The maximum absolute atomic E-state index is 5.50. The van der Waals surface area contributed by atoms with Crippen molar-refractivity contribution in [3.05, 3.63) is 59.2 Å². The number of benzene rings is 2. The number of aryl methyl sites for hydroxylation is 2. The van der Waals surface area contributed by atoms with Crippen molar-refractivity contribution in [2.45, 2.75) is 26.8 Å². The maximum atomic E-state index is 5.50. The summed E-state index contributed by atoms with van der Waals surface area (Å²) in [6, 6.07) is 14.8. The van der Waals surface area contributed by atoms with E-state index < -0.39 is 0 Å². The highest BCUT2D eigenvalue weighted by molar-refractivity contribution is 7.80. The van der Waals surface area contributed by atoms with Gasteiger partial charge in [-0.25, -0.2) is 0 Å². The molecule has 5 heteroatoms. The van der Waals surface area contributed by atoms with Crippen LogP contribution >= 0.6 is 12.2 Å². The summed E-state index contributed by atoms with van der Waals surface area (Å²) in [4.78, 5) is 2.42. The number of thiocarbonyl (C=S) groups is 1. The SMILES string of the molecule is CCc1cccc(C)c1NC(=S)Nc1ccc(CN2CCOCC2)cc1. The van der Waals surface area contributed by atoms with E-state index >= 15 is 0 Å². The monoisotopic (exact) mass is 369 g/mol. The zero-order valence-corrected chi connectivity index (χ0v) is 16.4. The molecule has 2 aromatic rings. The van der Waals surface area contributed by atoms with Crippen molar-refractivity contribution in [2.75, 3.05) is 36.9 Å². The Morgan fingerprint density at radius 2 is 1.81 bits per heavy atom. The fraction of sp³-hybridized carbons (Fsp3) is 0.381. The predicted molar refractivity (Wildman–Crippen MR) is 113 cm³/mol. The molecular formula is C21H27N3OS. The van der Waals surface area contributed by atoms with Crippen LogP contribution in [0, 0.1) is 6.92 Å². The van der Waals surface area contributed by atoms with Gasteiger partial charge in [-0.05, 0) is 54.4 Å². The fourth-order valence-electron chi connectivity index (χ4n) is 3.19. The molecule has 26 heavy (non-hydrogen) atoms. The Bertz CT molecular complexity index is 739. The number of nitrogens with one attached hydrogen (secondary N) is 2. The second kappa shape index (κ2) is 9.12. The summed E-state index contributed by atoms with van der Waals surface area (Å²) in [7, 11) is 0. The first-order chi connectivity index (χ1) is 12.7. The number of morpholine rings is 1. The van der Waals surface area contributed by atoms with Gasteiger partial charge >= 0.3 is 0 Å². The quantitative estimate of drug-likeness (QED) is 0.773. The van der Waals surface area contributed by atoms with Gasteiger partial charge in [0, 0.05) is 31.0 Å². The highest BCUT2D eigenvalue weighted by Crippen LogP contribution is 2.21. The number of rotatable bonds is 5. The minimum Gasteiger partial charge on any atom is -0.379 e. The lowest BCUT2D eigenvalue weighted by atomic mass is 10.1. The lowest BCUT2D eigenvalue weighted by molar-refractivity contribution is 0.0342. The Morgan fingerprint density at radius 1 is 1.08 bits per heavy atom. The van der Waals surface area contributed by atoms with Crippen molar-refractivity contribution >= 4 is 28.7 Å². The summed E-state index contributed by atoms with van der Waals surface area (Å²) < 4.78 is 5.40. The van der Waals surface area contributed by atoms with Crippen LogP contribution in [0.5, 0.6) is 0 Å². The van der Waals surface area contributed by atoms with E-state index in [1.807, 2.05) is 0 Å². The molecule has 138 valence electrons. The predicted octanol–water partition coefficient (Wildman–Crippen LogP) is 4.20. The van der Waals surface area contributed by atoms with Crippen molar-refractivity contribution in [3.8, 4) is 0 Å². The molecule has 2 aromatic carbocycles. The smallest absolute Gasteiger partial charge is 0.175 e. The number of anilines is 2. The first-order valence-corrected chi connectivity index (χ1v) is 9.62. The molecule has 0 aromatic heterocycles. The van der Waals surface area contributed by atoms with Gasteiger partial charge in [0.2, 0.25) is 0 Å². The van der Waals surface area contributed by atoms with Gasteiger partial charge in [0.25, 0.3) is 0 Å². The third-order valence-electron chi connectivity index (χ3n) is 4.70. The maximum Gasteiger partial charge on any atom is 0.175 e. The molecule has 1 aliphatic heterocycles. The van der Waals surface area contributed by atoms with E-state index in [0.29, 0.717) is 5.11 Å². The van der Waals surface area contributed by atoms with Gasteiger partial charge in [0.15, 0.2) is 5.11 Å². The number of para-hydroxylation sites is 1. The van der Waals surface area contributed by atoms with Gasteiger partial charge in [0.1, 0.15) is 0 Å². The van der Waals surface area contributed by atoms with Crippen LogP contribution < -0.4 is 10.6 Å². The molecule has 0 atom stereocenters. The molecular weight excluding hydrogens is 342 g/mol. The topological polar surface area (TPSA) is 36.5 Å². The van der Waals surface area contributed by atoms with E-state index in [9.17, 15) is 0 Å². The van der Waals surface area contributed by atoms with E-state index in [-0.39, 0.29) is 0 Å². The molecule has 2 N–H and O–H groups in total. The highest BCUT2D eigenvalue weighted by Gasteiger charge is 2.11. The number of nitrogens with zero attached hydrogens (tertiary/aromatic N) is 1. The molecule has 1 saturated heterocycles. The second-order valence-corrected chi connectivity index (χ2v) is 7.04. The van der Waals surface area contributed by atoms with Gasteiger partial charge in [-0.3, -0.25) is 4.90 Å². The summed E-state index contributed by atoms with van der Waals surface area (Å²) in [5.74, 6) is 0. The average molecular weight is 370 g/mol. The lowest BCUT2D eigenvalue weighted by Crippen LogP contribution is -2.35. The van der Waals surface area contributed by atoms with Gasteiger partial charge in [0.05, 0.1) is 13.2 Å². The highest BCUT2D eigenvalue weighted by atomic mass is 32.1. The standard InChI is InChI=1S/C21H27N3OS/c1-3-18-6-4-5-16(2)20(18)23-21(26)22-19-9-7-17(8-10-19)15-24-11-13-25-14-12-24/h4-10H,3,11-15H2,1-2H3,(H2,22,23,26). The molecule has 0 radical (unpaired) electrons. The number of ether oxygens (including phenoxy) is 1. The van der Waals surface area contributed by atoms with Gasteiger partial charge < -0.3 is 15.4 Å². The van der Waals surface area contributed by atoms with E-state index in [1.165, 1.54) is 16.7 Å². The molecule has 4 nitrogen and oxygen atoms in total. The molecule has 1 fully saturated rings. The third-order valence-corrected chi connectivity index (χ3v) is 4.90. The largest absolute Gasteiger partial charge is 0.379 e. The molecule has 1 heterocycles. The Kier molecular flexibility index (Phi) is 6.61. The molecule has 1 aliphatic rings. The van der Waals surface area contributed by atoms with Crippen molar-refractivity contribution in [1.82, 2.24) is 4.90 Å². The van der Waals surface area contributed by atoms with Crippen LogP contribution in [0.25, 0.3) is 0 Å². The first-order valence-electron chi connectivity index (χ1n) is 9.21. The lowest BCUT2D eigenvalue weighted by Gasteiger charge is -2.26. The van der Waals surface area contributed by atoms with Crippen LogP contribution in [-0.4, -0.2) is 36.3 Å². The van der Waals surface area contributed by atoms with Crippen LogP contribution in [0.4, 0.5) is 11.4 Å². The Balaban J connectivity index is 1.58. The second-order valence-electron chi connectivity index (χ2n) is 6.63. The minimum atomic E-state index is 0.620. The Hall–Kier alpha value is -1.95. The molecule has 0 unspecified atom stereocenters. The van der Waals surface area contributed by atoms with E-state index in [4.69, 9.17) is 17.0 Å². The van der Waals surface area contributed by atoms with Gasteiger partial charge in [-0.2, -0.15) is 0 Å². The van der Waals surface area contributed by atoms with Crippen molar-refractivity contribution < 1.29 is 4.74 Å². The van der Waals surface area contributed by atoms with Crippen LogP contribution in [0.2, 0.25) is 0 Å². The molecule has 0 amide bonds. The van der Waals surface area contributed by atoms with E-state index in [2.05, 4.69) is 71.8 Å². The molecule has 3 rings (SSSR count). The summed E-state index contributed by atoms with van der Waals surface area (Å²) in [5, 5.41) is 7.26. The van der Waals surface area contributed by atoms with Crippen molar-refractivity contribution in [2.24, 2.45) is 0 Å². The summed E-state index contributed by atoms with van der Waals surface area (Å²) in [5.41, 5.74) is 5.89. The fourth-order valence-corrected chi connectivity index (χ4v) is 3.41. The third kappa shape index (κ3) is 5.04. The molecule has 0 saturated carbocycles. The summed E-state index contributed by atoms with van der Waals surface area (Å²) in [6.45, 7) is 8.90. The van der Waals surface area contributed by atoms with Gasteiger partial charge in [-0.15, -0.1) is 0 Å². The van der Waals surface area contributed by atoms with E-state index in [0.717, 1.165) is 50.6 Å². The van der Waals surface area contributed by atoms with Crippen molar-refractivity contribution in [3.63, 3.8) is 0 Å². The summed E-state index contributed by atoms with van der Waals surface area (Å²) >= 11 is 5.50. The van der Waals surface area contributed by atoms with Crippen LogP contribution in [-0.2, 0) is 17.7 Å². The Morgan fingerprint density at radius 3 is 2.50 bits per heavy atom. The van der Waals surface area contributed by atoms with Gasteiger partial charge in [-0.1, -0.05) is 37.3 Å². The molecule has 0 bridgehead atoms. The normalized spacial score (nSPS) is 14.8. The van der Waals surface area contributed by atoms with E-state index in [1.54, 1.807) is 0 Å². The summed E-state index contributed by atoms with van der Waals surface area (Å²) in [6.07, 6.45) is 0.975. The number of hydrogen-bond donors (Lipinski definition) is 2. The van der Waals surface area contributed by atoms with Crippen molar-refractivity contribution in [1.29, 1.82) is 0 Å². The first kappa shape index (κ1) is 18.8. The molecule has 0 aliphatic carbocycles. The average Bonchev–Trinajstić information content (AvgIpc) is 2.66. The number of hydrogen-bond acceptors (Lipinski definition) is 3. The molecule has 0 spiro atoms.